The van der Waals surface area contributed by atoms with Gasteiger partial charge < -0.3 is 4.74 Å². The second kappa shape index (κ2) is 6.37. The number of thiophene rings is 1. The highest BCUT2D eigenvalue weighted by atomic mass is 79.9. The van der Waals surface area contributed by atoms with Crippen LogP contribution in [0.4, 0.5) is 0 Å². The van der Waals surface area contributed by atoms with E-state index in [0.29, 0.717) is 6.54 Å². The zero-order valence-electron chi connectivity index (χ0n) is 9.62. The van der Waals surface area contributed by atoms with Crippen molar-refractivity contribution in [1.29, 1.82) is 0 Å². The molecule has 1 aromatic heterocycles. The van der Waals surface area contributed by atoms with Gasteiger partial charge in [-0.25, -0.2) is 0 Å². The van der Waals surface area contributed by atoms with Gasteiger partial charge in [0.15, 0.2) is 0 Å². The Labute approximate surface area is 108 Å². The molecule has 1 N–H and O–H groups in total. The minimum atomic E-state index is -0.251. The summed E-state index contributed by atoms with van der Waals surface area (Å²) in [5, 5.41) is 5.24. The molecule has 3 nitrogen and oxygen atoms in total. The number of hydrogen-bond donors (Lipinski definition) is 1. The number of ether oxygens (including phenoxy) is 1. The molecule has 0 fully saturated rings. The molecule has 0 aliphatic rings. The first kappa shape index (κ1) is 13.7. The molecule has 0 saturated carbocycles. The number of esters is 1. The minimum Gasteiger partial charge on any atom is -0.468 e. The number of carbonyl (C=O) groups excluding carboxylic acids is 1. The van der Waals surface area contributed by atoms with Crippen LogP contribution < -0.4 is 5.32 Å². The molecule has 0 aliphatic carbocycles. The Morgan fingerprint density at radius 3 is 2.75 bits per heavy atom. The molecule has 5 heteroatoms. The van der Waals surface area contributed by atoms with Crippen LogP contribution in [0.25, 0.3) is 0 Å². The Bertz CT molecular complexity index is 352. The normalized spacial score (nSPS) is 12.8. The molecule has 1 atom stereocenters. The monoisotopic (exact) mass is 305 g/mol. The quantitative estimate of drug-likeness (QED) is 0.850. The number of nitrogens with one attached hydrogen (secondary N) is 1. The lowest BCUT2D eigenvalue weighted by atomic mass is 10.0. The summed E-state index contributed by atoms with van der Waals surface area (Å²) in [5.74, 6) is 0.00821. The van der Waals surface area contributed by atoms with E-state index in [4.69, 9.17) is 4.74 Å². The zero-order chi connectivity index (χ0) is 12.1. The molecule has 0 saturated heterocycles. The van der Waals surface area contributed by atoms with Crippen LogP contribution in [-0.2, 0) is 16.1 Å². The van der Waals surface area contributed by atoms with Gasteiger partial charge in [-0.15, -0.1) is 11.3 Å². The third-order valence-corrected chi connectivity index (χ3v) is 4.22. The highest BCUT2D eigenvalue weighted by molar-refractivity contribution is 9.10. The Kier molecular flexibility index (Phi) is 5.44. The second-order valence-corrected chi connectivity index (χ2v) is 5.67. The summed E-state index contributed by atoms with van der Waals surface area (Å²) in [6, 6.07) is 1.75. The Balaban J connectivity index is 2.57. The molecule has 0 aromatic carbocycles. The van der Waals surface area contributed by atoms with E-state index in [2.05, 4.69) is 21.2 Å². The lowest BCUT2D eigenvalue weighted by Crippen LogP contribution is -2.41. The highest BCUT2D eigenvalue weighted by Crippen LogP contribution is 2.22. The van der Waals surface area contributed by atoms with Crippen LogP contribution >= 0.6 is 27.3 Å². The van der Waals surface area contributed by atoms with Crippen molar-refractivity contribution in [3.05, 3.63) is 20.8 Å². The lowest BCUT2D eigenvalue weighted by molar-refractivity contribution is -0.144. The molecule has 16 heavy (non-hydrogen) atoms. The fraction of sp³-hybridized carbons (Fsp3) is 0.545. The van der Waals surface area contributed by atoms with Crippen LogP contribution in [0.15, 0.2) is 15.9 Å². The van der Waals surface area contributed by atoms with E-state index in [0.717, 1.165) is 4.47 Å². The van der Waals surface area contributed by atoms with Crippen molar-refractivity contribution >= 4 is 33.2 Å². The van der Waals surface area contributed by atoms with Gasteiger partial charge in [0.05, 0.1) is 7.11 Å². The Hall–Kier alpha value is -0.390. The highest BCUT2D eigenvalue weighted by Gasteiger charge is 2.22. The van der Waals surface area contributed by atoms with Gasteiger partial charge in [-0.3, -0.25) is 10.1 Å². The third kappa shape index (κ3) is 3.57. The summed E-state index contributed by atoms with van der Waals surface area (Å²) < 4.78 is 5.84. The molecule has 0 bridgehead atoms. The van der Waals surface area contributed by atoms with E-state index in [1.165, 1.54) is 12.0 Å². The largest absolute Gasteiger partial charge is 0.468 e. The van der Waals surface area contributed by atoms with Crippen LogP contribution in [-0.4, -0.2) is 19.1 Å². The van der Waals surface area contributed by atoms with Gasteiger partial charge in [-0.05, 0) is 33.3 Å². The molecule has 1 heterocycles. The molecule has 0 amide bonds. The van der Waals surface area contributed by atoms with Crippen LogP contribution in [0, 0.1) is 5.92 Å². The number of halogens is 1. The van der Waals surface area contributed by atoms with Gasteiger partial charge >= 0.3 is 5.97 Å². The summed E-state index contributed by atoms with van der Waals surface area (Å²) in [4.78, 5) is 12.7. The van der Waals surface area contributed by atoms with Crippen molar-refractivity contribution in [2.24, 2.45) is 5.92 Å². The molecule has 1 unspecified atom stereocenters. The maximum atomic E-state index is 11.5. The molecular formula is C11H16BrNO2S. The minimum absolute atomic E-state index is 0.206. The third-order valence-electron chi connectivity index (χ3n) is 2.30. The molecule has 0 aliphatic heterocycles. The maximum Gasteiger partial charge on any atom is 0.323 e. The number of methoxy groups -OCH3 is 1. The standard InChI is InChI=1S/C11H16BrNO2S/c1-7(2)10(11(14)15-3)13-6-9-8(12)4-5-16-9/h4-5,7,10,13H,6H2,1-3H3. The summed E-state index contributed by atoms with van der Waals surface area (Å²) in [6.45, 7) is 4.67. The van der Waals surface area contributed by atoms with Crippen LogP contribution in [0.5, 0.6) is 0 Å². The lowest BCUT2D eigenvalue weighted by Gasteiger charge is -2.19. The first-order valence-corrected chi connectivity index (χ1v) is 6.76. The van der Waals surface area contributed by atoms with Crippen molar-refractivity contribution < 1.29 is 9.53 Å². The van der Waals surface area contributed by atoms with E-state index in [1.54, 1.807) is 11.3 Å². The number of hydrogen-bond acceptors (Lipinski definition) is 4. The van der Waals surface area contributed by atoms with Gasteiger partial charge in [0.1, 0.15) is 6.04 Å². The van der Waals surface area contributed by atoms with E-state index >= 15 is 0 Å². The van der Waals surface area contributed by atoms with Gasteiger partial charge in [-0.2, -0.15) is 0 Å². The van der Waals surface area contributed by atoms with Crippen LogP contribution in [0.3, 0.4) is 0 Å². The maximum absolute atomic E-state index is 11.5. The van der Waals surface area contributed by atoms with Crippen molar-refractivity contribution in [3.8, 4) is 0 Å². The Morgan fingerprint density at radius 2 is 2.31 bits per heavy atom. The summed E-state index contributed by atoms with van der Waals surface area (Å²) in [6.07, 6.45) is 0. The molecule has 1 aromatic rings. The van der Waals surface area contributed by atoms with E-state index in [-0.39, 0.29) is 17.9 Å². The van der Waals surface area contributed by atoms with Gasteiger partial charge in [-0.1, -0.05) is 13.8 Å². The Morgan fingerprint density at radius 1 is 1.62 bits per heavy atom. The van der Waals surface area contributed by atoms with Crippen molar-refractivity contribution in [2.45, 2.75) is 26.4 Å². The van der Waals surface area contributed by atoms with Gasteiger partial charge in [0.2, 0.25) is 0 Å². The fourth-order valence-electron chi connectivity index (χ4n) is 1.37. The first-order valence-electron chi connectivity index (χ1n) is 5.09. The molecular weight excluding hydrogens is 290 g/mol. The number of carbonyl (C=O) groups is 1. The fourth-order valence-corrected chi connectivity index (χ4v) is 2.82. The summed E-state index contributed by atoms with van der Waals surface area (Å²) >= 11 is 5.12. The summed E-state index contributed by atoms with van der Waals surface area (Å²) in [7, 11) is 1.42. The van der Waals surface area contributed by atoms with Crippen LogP contribution in [0.1, 0.15) is 18.7 Å². The predicted molar refractivity (Wildman–Crippen MR) is 69.5 cm³/mol. The SMILES string of the molecule is COC(=O)C(NCc1sccc1Br)C(C)C. The van der Waals surface area contributed by atoms with Gasteiger partial charge in [0.25, 0.3) is 0 Å². The summed E-state index contributed by atoms with van der Waals surface area (Å²) in [5.41, 5.74) is 0. The van der Waals surface area contributed by atoms with Crippen LogP contribution in [0.2, 0.25) is 0 Å². The molecule has 0 radical (unpaired) electrons. The molecule has 90 valence electrons. The molecule has 0 spiro atoms. The van der Waals surface area contributed by atoms with Gasteiger partial charge in [0, 0.05) is 15.9 Å². The topological polar surface area (TPSA) is 38.3 Å². The van der Waals surface area contributed by atoms with Crippen molar-refractivity contribution in [1.82, 2.24) is 5.32 Å². The van der Waals surface area contributed by atoms with E-state index in [9.17, 15) is 4.79 Å². The average molecular weight is 306 g/mol. The smallest absolute Gasteiger partial charge is 0.323 e. The van der Waals surface area contributed by atoms with Crippen molar-refractivity contribution in [2.75, 3.05) is 7.11 Å². The van der Waals surface area contributed by atoms with E-state index < -0.39 is 0 Å². The molecule has 1 rings (SSSR count). The number of rotatable bonds is 5. The van der Waals surface area contributed by atoms with Crippen molar-refractivity contribution in [3.63, 3.8) is 0 Å². The average Bonchev–Trinajstić information content (AvgIpc) is 2.64. The van der Waals surface area contributed by atoms with E-state index in [1.807, 2.05) is 25.3 Å². The second-order valence-electron chi connectivity index (χ2n) is 3.82. The predicted octanol–water partition coefficient (Wildman–Crippen LogP) is 2.80. The first-order chi connectivity index (χ1) is 7.56. The zero-order valence-corrected chi connectivity index (χ0v) is 12.0.